The van der Waals surface area contributed by atoms with E-state index in [2.05, 4.69) is 10.1 Å². The first kappa shape index (κ1) is 65.2. The Kier molecular flexibility index (Phi) is 19.8. The van der Waals surface area contributed by atoms with Crippen LogP contribution in [0, 0.1) is 0 Å². The van der Waals surface area contributed by atoms with E-state index in [1.165, 1.54) is 55.5 Å². The number of methoxy groups -OCH3 is 1. The van der Waals surface area contributed by atoms with Gasteiger partial charge in [0.1, 0.15) is 11.2 Å². The van der Waals surface area contributed by atoms with Gasteiger partial charge in [-0.05, 0) is 150 Å². The minimum atomic E-state index is -4.85. The average molecular weight is 1210 g/mol. The fourth-order valence-corrected chi connectivity index (χ4v) is 15.3. The fraction of sp³-hybridized carbons (Fsp3) is 0.678. The van der Waals surface area contributed by atoms with Crippen LogP contribution in [-0.4, -0.2) is 153 Å². The molecule has 2 saturated heterocycles. The highest BCUT2D eigenvalue weighted by Gasteiger charge is 2.52. The molecule has 2 aromatic rings. The summed E-state index contributed by atoms with van der Waals surface area (Å²) in [7, 11) is 1.21. The largest absolute Gasteiger partial charge is 0.453 e. The second-order valence-corrected chi connectivity index (χ2v) is 27.9. The van der Waals surface area contributed by atoms with Crippen LogP contribution in [0.2, 0.25) is 0 Å². The summed E-state index contributed by atoms with van der Waals surface area (Å²) in [6.07, 6.45) is -3.35. The Bertz CT molecular complexity index is 2790. The Labute approximate surface area is 491 Å². The number of hydrogen-bond acceptors (Lipinski definition) is 12. The molecule has 24 heteroatoms. The molecule has 0 unspecified atom stereocenters. The number of rotatable bonds is 9. The van der Waals surface area contributed by atoms with Crippen LogP contribution in [-0.2, 0) is 42.6 Å². The zero-order valence-electron chi connectivity index (χ0n) is 49.5. The molecule has 83 heavy (non-hydrogen) atoms. The molecule has 8 rings (SSSR count). The van der Waals surface area contributed by atoms with Gasteiger partial charge in [0.2, 0.25) is 5.91 Å². The highest BCUT2D eigenvalue weighted by molar-refractivity contribution is 8.02. The van der Waals surface area contributed by atoms with Crippen molar-refractivity contribution in [2.45, 2.75) is 220 Å². The zero-order chi connectivity index (χ0) is 61.4. The van der Waals surface area contributed by atoms with E-state index in [1.54, 1.807) is 69.2 Å². The third-order valence-electron chi connectivity index (χ3n) is 15.8. The normalized spacial score (nSPS) is 20.6. The Morgan fingerprint density at radius 2 is 1.08 bits per heavy atom. The summed E-state index contributed by atoms with van der Waals surface area (Å²) in [5.41, 5.74) is -3.77. The standard InChI is InChI=1S/C31H43F3N4O6S.C28H37F3N2O4S/c1-19(2)38(20-10-9-14-36(18-20)28(42)44-29(3,4)5)25(39)21-16-23-24(17-22(21)31(32,33)34)45-30(11-7-8-12-30)26(40)37(23)15-13-35-27(41)43-6;1-17(2)33(19-9-8-12-32(16-19)25(36)37-26(3,4)5)24(35)20-13-18-14-23(34)27(10-6-7-11-27)38-22(18)15-21(20)28(29,30)31/h16-17,19-20H,7-15,18H2,1-6H3,(H,35,41);13,15,17,19H,6-12,14,16H2,1-5H3/t20-;19-/m11/s1. The van der Waals surface area contributed by atoms with Crippen LogP contribution in [0.4, 0.5) is 46.4 Å². The highest BCUT2D eigenvalue weighted by Crippen LogP contribution is 2.55. The van der Waals surface area contributed by atoms with Crippen molar-refractivity contribution in [1.29, 1.82) is 0 Å². The van der Waals surface area contributed by atoms with Crippen LogP contribution in [0.15, 0.2) is 34.1 Å². The van der Waals surface area contributed by atoms with Gasteiger partial charge in [-0.3, -0.25) is 19.2 Å². The van der Waals surface area contributed by atoms with Gasteiger partial charge in [0.15, 0.2) is 5.78 Å². The van der Waals surface area contributed by atoms with Gasteiger partial charge in [-0.15, -0.1) is 23.5 Å². The lowest BCUT2D eigenvalue weighted by atomic mass is 9.91. The molecule has 4 fully saturated rings. The van der Waals surface area contributed by atoms with Crippen LogP contribution in [0.25, 0.3) is 0 Å². The van der Waals surface area contributed by atoms with Crippen molar-refractivity contribution in [1.82, 2.24) is 24.9 Å². The van der Waals surface area contributed by atoms with E-state index in [4.69, 9.17) is 9.47 Å². The number of alkyl halides is 6. The first-order chi connectivity index (χ1) is 38.6. The topological polar surface area (TPSA) is 175 Å². The maximum atomic E-state index is 14.7. The molecule has 2 saturated carbocycles. The number of nitrogens with one attached hydrogen (secondary N) is 1. The highest BCUT2D eigenvalue weighted by atomic mass is 32.2. The van der Waals surface area contributed by atoms with E-state index >= 15 is 0 Å². The van der Waals surface area contributed by atoms with Crippen molar-refractivity contribution in [3.63, 3.8) is 0 Å². The summed E-state index contributed by atoms with van der Waals surface area (Å²) in [5, 5.41) is 2.53. The van der Waals surface area contributed by atoms with Crippen LogP contribution < -0.4 is 10.2 Å². The molecule has 16 nitrogen and oxygen atoms in total. The molecule has 2 aliphatic carbocycles. The lowest BCUT2D eigenvalue weighted by Crippen LogP contribution is -2.55. The van der Waals surface area contributed by atoms with Gasteiger partial charge in [0, 0.05) is 67.6 Å². The number of amides is 6. The van der Waals surface area contributed by atoms with Crippen LogP contribution >= 0.6 is 23.5 Å². The van der Waals surface area contributed by atoms with Gasteiger partial charge in [-0.1, -0.05) is 25.7 Å². The SMILES string of the molecule is CC(C)N(C(=O)c1cc2c(cc1C(F)(F)F)SC1(CCCC1)C(=O)C2)[C@@H]1CCCN(C(=O)OC(C)(C)C)C1.COC(=O)NCCN1C(=O)C2(CCCC2)Sc2cc(C(F)(F)F)c(C(=O)N(C(C)C)[C@@H]3CCCN(C(=O)OC(C)(C)C)C3)cc21. The Balaban J connectivity index is 0.000000242. The van der Waals surface area contributed by atoms with E-state index in [9.17, 15) is 59.9 Å². The third kappa shape index (κ3) is 15.0. The zero-order valence-corrected chi connectivity index (χ0v) is 51.1. The lowest BCUT2D eigenvalue weighted by molar-refractivity contribution is -0.139. The number of halogens is 6. The van der Waals surface area contributed by atoms with E-state index < -0.39 is 110 Å². The summed E-state index contributed by atoms with van der Waals surface area (Å²) in [6, 6.07) is 2.63. The number of likely N-dealkylation sites (tertiary alicyclic amines) is 2. The third-order valence-corrected chi connectivity index (χ3v) is 19.0. The number of alkyl carbamates (subject to hydrolysis) is 1. The molecular weight excluding hydrogens is 1130 g/mol. The number of ether oxygens (including phenoxy) is 3. The van der Waals surface area contributed by atoms with Gasteiger partial charge in [0.25, 0.3) is 11.8 Å². The number of ketones is 1. The van der Waals surface area contributed by atoms with Crippen LogP contribution in [0.3, 0.4) is 0 Å². The molecule has 1 N–H and O–H groups in total. The number of benzene rings is 2. The van der Waals surface area contributed by atoms with Gasteiger partial charge in [-0.2, -0.15) is 26.3 Å². The summed E-state index contributed by atoms with van der Waals surface area (Å²) in [6.45, 7) is 18.7. The Morgan fingerprint density at radius 3 is 1.52 bits per heavy atom. The Hall–Kier alpha value is -5.39. The van der Waals surface area contributed by atoms with Crippen molar-refractivity contribution in [3.8, 4) is 0 Å². The number of fused-ring (bicyclic) bond motifs is 2. The van der Waals surface area contributed by atoms with Gasteiger partial charge < -0.3 is 44.0 Å². The number of nitrogens with zero attached hydrogens (tertiary/aromatic N) is 5. The minimum Gasteiger partial charge on any atom is -0.453 e. The summed E-state index contributed by atoms with van der Waals surface area (Å²) in [4.78, 5) is 100. The molecule has 4 aliphatic heterocycles. The van der Waals surface area contributed by atoms with Crippen LogP contribution in [0.1, 0.15) is 184 Å². The maximum Gasteiger partial charge on any atom is 0.417 e. The molecule has 0 bridgehead atoms. The van der Waals surface area contributed by atoms with Gasteiger partial charge in [-0.25, -0.2) is 14.4 Å². The monoisotopic (exact) mass is 1210 g/mol. The summed E-state index contributed by atoms with van der Waals surface area (Å²) in [5.74, 6) is -1.78. The average Bonchev–Trinajstić information content (AvgIpc) is 2.08. The van der Waals surface area contributed by atoms with E-state index in [0.717, 1.165) is 49.6 Å². The van der Waals surface area contributed by atoms with Crippen molar-refractivity contribution in [3.05, 3.63) is 52.1 Å². The number of carbonyl (C=O) groups is 7. The van der Waals surface area contributed by atoms with E-state index in [-0.39, 0.29) is 54.9 Å². The van der Waals surface area contributed by atoms with E-state index in [1.807, 2.05) is 0 Å². The summed E-state index contributed by atoms with van der Waals surface area (Å²) >= 11 is 2.38. The predicted octanol–water partition coefficient (Wildman–Crippen LogP) is 12.5. The summed E-state index contributed by atoms with van der Waals surface area (Å²) < 4.78 is 101. The number of carbonyl (C=O) groups excluding carboxylic acids is 7. The Morgan fingerprint density at radius 1 is 0.651 bits per heavy atom. The molecule has 2 atom stereocenters. The fourth-order valence-electron chi connectivity index (χ4n) is 12.2. The number of hydrogen-bond donors (Lipinski definition) is 1. The van der Waals surface area contributed by atoms with Crippen molar-refractivity contribution in [2.24, 2.45) is 0 Å². The second-order valence-electron chi connectivity index (χ2n) is 25.0. The van der Waals surface area contributed by atoms with Gasteiger partial charge >= 0.3 is 30.6 Å². The molecule has 0 aromatic heterocycles. The molecule has 4 heterocycles. The van der Waals surface area contributed by atoms with Crippen molar-refractivity contribution < 1.29 is 74.1 Å². The first-order valence-electron chi connectivity index (χ1n) is 28.7. The number of Topliss-reactive ketones (excluding diaryl/α,β-unsaturated/α-hetero) is 1. The number of thioether (sulfide) groups is 2. The lowest BCUT2D eigenvalue weighted by Gasteiger charge is -2.43. The van der Waals surface area contributed by atoms with Crippen molar-refractivity contribution >= 4 is 71.0 Å². The van der Waals surface area contributed by atoms with Gasteiger partial charge in [0.05, 0.1) is 56.6 Å². The molecular formula is C59H80F6N6O10S2. The molecule has 2 aromatic carbocycles. The van der Waals surface area contributed by atoms with Crippen molar-refractivity contribution in [2.75, 3.05) is 51.3 Å². The predicted molar refractivity (Wildman–Crippen MR) is 303 cm³/mol. The maximum absolute atomic E-state index is 14.7. The smallest absolute Gasteiger partial charge is 0.417 e. The van der Waals surface area contributed by atoms with Crippen LogP contribution in [0.5, 0.6) is 0 Å². The molecule has 0 radical (unpaired) electrons. The molecule has 460 valence electrons. The molecule has 6 aliphatic rings. The number of anilines is 1. The second kappa shape index (κ2) is 25.3. The molecule has 2 spiro atoms. The number of piperidine rings is 2. The molecule has 6 amide bonds. The first-order valence-corrected chi connectivity index (χ1v) is 30.4. The van der Waals surface area contributed by atoms with E-state index in [0.29, 0.717) is 74.9 Å². The quantitative estimate of drug-likeness (QED) is 0.186. The minimum absolute atomic E-state index is 0.00357.